The van der Waals surface area contributed by atoms with Gasteiger partial charge in [-0.25, -0.2) is 4.79 Å². The average molecular weight is 246 g/mol. The van der Waals surface area contributed by atoms with Crippen LogP contribution in [0.2, 0.25) is 0 Å². The second-order valence-electron chi connectivity index (χ2n) is 5.64. The van der Waals surface area contributed by atoms with Gasteiger partial charge in [-0.05, 0) is 53.9 Å². The summed E-state index contributed by atoms with van der Waals surface area (Å²) in [5, 5.41) is 0. The molecule has 2 atom stereocenters. The molecule has 98 valence electrons. The molecule has 18 heavy (non-hydrogen) atoms. The van der Waals surface area contributed by atoms with Crippen LogP contribution in [0.25, 0.3) is 0 Å². The van der Waals surface area contributed by atoms with E-state index in [4.69, 9.17) is 4.74 Å². The molecule has 0 aromatic heterocycles. The van der Waals surface area contributed by atoms with Gasteiger partial charge in [-0.2, -0.15) is 0 Å². The van der Waals surface area contributed by atoms with Gasteiger partial charge in [0.2, 0.25) is 0 Å². The molecule has 1 aliphatic rings. The van der Waals surface area contributed by atoms with Crippen LogP contribution in [0.4, 0.5) is 0 Å². The van der Waals surface area contributed by atoms with Gasteiger partial charge in [0.25, 0.3) is 0 Å². The minimum atomic E-state index is -0.239. The fourth-order valence-electron chi connectivity index (χ4n) is 3.22. The highest BCUT2D eigenvalue weighted by Crippen LogP contribution is 2.40. The first-order valence-corrected chi connectivity index (χ1v) is 6.75. The number of hydrogen-bond donors (Lipinski definition) is 0. The SMILES string of the molecule is COC(=O)c1ccc2c(c1)CCC(C(C)C)C2C. The molecule has 2 heteroatoms. The van der Waals surface area contributed by atoms with E-state index in [9.17, 15) is 4.79 Å². The summed E-state index contributed by atoms with van der Waals surface area (Å²) in [5.41, 5.74) is 3.40. The van der Waals surface area contributed by atoms with Gasteiger partial charge in [0, 0.05) is 0 Å². The summed E-state index contributed by atoms with van der Waals surface area (Å²) in [5.74, 6) is 1.81. The van der Waals surface area contributed by atoms with Crippen molar-refractivity contribution < 1.29 is 9.53 Å². The van der Waals surface area contributed by atoms with Crippen LogP contribution in [0.15, 0.2) is 18.2 Å². The Morgan fingerprint density at radius 2 is 2.11 bits per heavy atom. The quantitative estimate of drug-likeness (QED) is 0.742. The fourth-order valence-corrected chi connectivity index (χ4v) is 3.22. The fraction of sp³-hybridized carbons (Fsp3) is 0.562. The van der Waals surface area contributed by atoms with E-state index in [1.54, 1.807) is 0 Å². The third-order valence-electron chi connectivity index (χ3n) is 4.30. The number of esters is 1. The smallest absolute Gasteiger partial charge is 0.337 e. The topological polar surface area (TPSA) is 26.3 Å². The van der Waals surface area contributed by atoms with E-state index in [1.807, 2.05) is 12.1 Å². The Hall–Kier alpha value is -1.31. The predicted octanol–water partition coefficient (Wildman–Crippen LogP) is 3.80. The summed E-state index contributed by atoms with van der Waals surface area (Å²) in [6, 6.07) is 6.01. The monoisotopic (exact) mass is 246 g/mol. The van der Waals surface area contributed by atoms with Gasteiger partial charge in [0.1, 0.15) is 0 Å². The Bertz CT molecular complexity index is 448. The van der Waals surface area contributed by atoms with E-state index in [-0.39, 0.29) is 5.97 Å². The lowest BCUT2D eigenvalue weighted by Gasteiger charge is -2.34. The molecule has 0 bridgehead atoms. The van der Waals surface area contributed by atoms with Crippen LogP contribution in [-0.2, 0) is 11.2 Å². The number of fused-ring (bicyclic) bond motifs is 1. The van der Waals surface area contributed by atoms with E-state index in [1.165, 1.54) is 24.7 Å². The molecule has 0 spiro atoms. The van der Waals surface area contributed by atoms with Crippen LogP contribution in [-0.4, -0.2) is 13.1 Å². The van der Waals surface area contributed by atoms with Gasteiger partial charge in [-0.3, -0.25) is 0 Å². The number of methoxy groups -OCH3 is 1. The van der Waals surface area contributed by atoms with Crippen LogP contribution >= 0.6 is 0 Å². The highest BCUT2D eigenvalue weighted by molar-refractivity contribution is 5.89. The van der Waals surface area contributed by atoms with E-state index < -0.39 is 0 Å². The molecule has 0 saturated heterocycles. The second-order valence-corrected chi connectivity index (χ2v) is 5.64. The second kappa shape index (κ2) is 5.13. The van der Waals surface area contributed by atoms with Gasteiger partial charge in [-0.1, -0.05) is 26.8 Å². The standard InChI is InChI=1S/C16H22O2/c1-10(2)14-7-5-12-9-13(16(17)18-4)6-8-15(12)11(14)3/h6,8-11,14H,5,7H2,1-4H3. The van der Waals surface area contributed by atoms with Gasteiger partial charge in [0.15, 0.2) is 0 Å². The van der Waals surface area contributed by atoms with Crippen molar-refractivity contribution in [2.75, 3.05) is 7.11 Å². The Morgan fingerprint density at radius 3 is 2.72 bits per heavy atom. The van der Waals surface area contributed by atoms with Crippen LogP contribution < -0.4 is 0 Å². The van der Waals surface area contributed by atoms with Crippen molar-refractivity contribution in [2.24, 2.45) is 11.8 Å². The number of carbonyl (C=O) groups is 1. The van der Waals surface area contributed by atoms with Crippen molar-refractivity contribution in [2.45, 2.75) is 39.5 Å². The first-order valence-electron chi connectivity index (χ1n) is 6.75. The molecule has 0 radical (unpaired) electrons. The van der Waals surface area contributed by atoms with Crippen molar-refractivity contribution >= 4 is 5.97 Å². The molecule has 1 aromatic carbocycles. The van der Waals surface area contributed by atoms with E-state index in [2.05, 4.69) is 26.8 Å². The number of ether oxygens (including phenoxy) is 1. The van der Waals surface area contributed by atoms with Crippen LogP contribution in [0, 0.1) is 11.8 Å². The van der Waals surface area contributed by atoms with E-state index in [0.717, 1.165) is 12.3 Å². The van der Waals surface area contributed by atoms with Crippen molar-refractivity contribution in [1.82, 2.24) is 0 Å². The first-order chi connectivity index (χ1) is 8.54. The van der Waals surface area contributed by atoms with Gasteiger partial charge >= 0.3 is 5.97 Å². The minimum absolute atomic E-state index is 0.239. The van der Waals surface area contributed by atoms with Crippen molar-refractivity contribution in [1.29, 1.82) is 0 Å². The highest BCUT2D eigenvalue weighted by atomic mass is 16.5. The molecule has 2 unspecified atom stereocenters. The summed E-state index contributed by atoms with van der Waals surface area (Å²) in [7, 11) is 1.43. The number of rotatable bonds is 2. The molecule has 2 nitrogen and oxygen atoms in total. The number of hydrogen-bond acceptors (Lipinski definition) is 2. The Kier molecular flexibility index (Phi) is 3.74. The molecule has 0 N–H and O–H groups in total. The lowest BCUT2D eigenvalue weighted by atomic mass is 9.71. The van der Waals surface area contributed by atoms with Crippen LogP contribution in [0.5, 0.6) is 0 Å². The maximum absolute atomic E-state index is 11.5. The molecule has 0 amide bonds. The van der Waals surface area contributed by atoms with Crippen molar-refractivity contribution in [3.63, 3.8) is 0 Å². The van der Waals surface area contributed by atoms with Crippen LogP contribution in [0.1, 0.15) is 54.6 Å². The third-order valence-corrected chi connectivity index (χ3v) is 4.30. The molecule has 0 saturated carbocycles. The van der Waals surface area contributed by atoms with Gasteiger partial charge < -0.3 is 4.74 Å². The summed E-state index contributed by atoms with van der Waals surface area (Å²) in [4.78, 5) is 11.5. The summed E-state index contributed by atoms with van der Waals surface area (Å²) < 4.78 is 4.77. The minimum Gasteiger partial charge on any atom is -0.465 e. The van der Waals surface area contributed by atoms with Crippen molar-refractivity contribution in [3.05, 3.63) is 34.9 Å². The summed E-state index contributed by atoms with van der Waals surface area (Å²) in [6.45, 7) is 6.91. The van der Waals surface area contributed by atoms with Gasteiger partial charge in [0.05, 0.1) is 12.7 Å². The highest BCUT2D eigenvalue weighted by Gasteiger charge is 2.28. The molecule has 0 heterocycles. The normalized spacial score (nSPS) is 22.7. The van der Waals surface area contributed by atoms with Crippen molar-refractivity contribution in [3.8, 4) is 0 Å². The van der Waals surface area contributed by atoms with E-state index >= 15 is 0 Å². The Balaban J connectivity index is 2.32. The van der Waals surface area contributed by atoms with Crippen LogP contribution in [0.3, 0.4) is 0 Å². The Labute approximate surface area is 109 Å². The summed E-state index contributed by atoms with van der Waals surface area (Å²) >= 11 is 0. The number of carbonyl (C=O) groups excluding carboxylic acids is 1. The zero-order valence-electron chi connectivity index (χ0n) is 11.7. The molecular formula is C16H22O2. The molecule has 0 fully saturated rings. The zero-order chi connectivity index (χ0) is 13.3. The molecule has 1 aromatic rings. The van der Waals surface area contributed by atoms with E-state index in [0.29, 0.717) is 17.4 Å². The maximum Gasteiger partial charge on any atom is 0.337 e. The zero-order valence-corrected chi connectivity index (χ0v) is 11.7. The lowest BCUT2D eigenvalue weighted by Crippen LogP contribution is -2.23. The largest absolute Gasteiger partial charge is 0.465 e. The Morgan fingerprint density at radius 1 is 1.39 bits per heavy atom. The average Bonchev–Trinajstić information content (AvgIpc) is 2.37. The van der Waals surface area contributed by atoms with Gasteiger partial charge in [-0.15, -0.1) is 0 Å². The molecule has 0 aliphatic heterocycles. The number of aryl methyl sites for hydroxylation is 1. The molecule has 1 aliphatic carbocycles. The summed E-state index contributed by atoms with van der Waals surface area (Å²) in [6.07, 6.45) is 2.30. The molecule has 2 rings (SSSR count). The molecular weight excluding hydrogens is 224 g/mol. The first kappa shape index (κ1) is 13.1. The lowest BCUT2D eigenvalue weighted by molar-refractivity contribution is 0.0600. The predicted molar refractivity (Wildman–Crippen MR) is 72.8 cm³/mol. The maximum atomic E-state index is 11.5. The third kappa shape index (κ3) is 2.29. The number of benzene rings is 1.